The molecular weight excluding hydrogens is 209 g/mol. The maximum atomic E-state index is 12.7. The molecule has 1 aromatic rings. The molecule has 1 aliphatic heterocycles. The van der Waals surface area contributed by atoms with Crippen molar-refractivity contribution >= 4 is 5.91 Å². The van der Waals surface area contributed by atoms with Crippen LogP contribution in [0.4, 0.5) is 4.39 Å². The van der Waals surface area contributed by atoms with Gasteiger partial charge in [0.1, 0.15) is 12.0 Å². The van der Waals surface area contributed by atoms with Crippen LogP contribution in [-0.4, -0.2) is 22.1 Å². The zero-order valence-electron chi connectivity index (χ0n) is 8.90. The Labute approximate surface area is 93.5 Å². The third kappa shape index (κ3) is 2.39. The molecule has 1 fully saturated rings. The summed E-state index contributed by atoms with van der Waals surface area (Å²) in [6, 6.07) is 5.97. The van der Waals surface area contributed by atoms with E-state index in [-0.39, 0.29) is 11.7 Å². The molecule has 0 bridgehead atoms. The fourth-order valence-electron chi connectivity index (χ4n) is 1.88. The van der Waals surface area contributed by atoms with E-state index in [9.17, 15) is 14.3 Å². The van der Waals surface area contributed by atoms with E-state index in [0.29, 0.717) is 19.4 Å². The molecule has 1 heterocycles. The molecule has 0 unspecified atom stereocenters. The minimum atomic E-state index is -0.702. The molecule has 1 amide bonds. The first-order chi connectivity index (χ1) is 7.66. The average molecular weight is 223 g/mol. The molecule has 1 aromatic carbocycles. The molecule has 86 valence electrons. The first kappa shape index (κ1) is 11.1. The second-order valence-electron chi connectivity index (χ2n) is 4.02. The molecule has 2 rings (SSSR count). The quantitative estimate of drug-likeness (QED) is 0.828. The monoisotopic (exact) mass is 223 g/mol. The van der Waals surface area contributed by atoms with Gasteiger partial charge in [-0.3, -0.25) is 4.79 Å². The Hall–Kier alpha value is -1.42. The molecule has 0 radical (unpaired) electrons. The maximum Gasteiger partial charge on any atom is 0.224 e. The van der Waals surface area contributed by atoms with Crippen LogP contribution in [0.15, 0.2) is 24.3 Å². The molecular formula is C12H14FNO2. The minimum Gasteiger partial charge on any atom is -0.374 e. The lowest BCUT2D eigenvalue weighted by Gasteiger charge is -2.32. The van der Waals surface area contributed by atoms with Crippen molar-refractivity contribution in [2.24, 2.45) is 0 Å². The summed E-state index contributed by atoms with van der Waals surface area (Å²) in [5.41, 5.74) is 0.829. The minimum absolute atomic E-state index is 0.0388. The number of hydrogen-bond donors (Lipinski definition) is 1. The fraction of sp³-hybridized carbons (Fsp3) is 0.417. The molecule has 1 atom stereocenters. The van der Waals surface area contributed by atoms with Crippen LogP contribution in [0.25, 0.3) is 0 Å². The highest BCUT2D eigenvalue weighted by Gasteiger charge is 2.25. The first-order valence-electron chi connectivity index (χ1n) is 5.39. The Bertz CT molecular complexity index is 377. The number of aliphatic hydroxyl groups excluding tert-OH is 1. The molecule has 1 aliphatic rings. The molecule has 4 heteroatoms. The van der Waals surface area contributed by atoms with Gasteiger partial charge >= 0.3 is 0 Å². The highest BCUT2D eigenvalue weighted by molar-refractivity contribution is 5.77. The third-order valence-electron chi connectivity index (χ3n) is 2.80. The van der Waals surface area contributed by atoms with E-state index in [4.69, 9.17) is 0 Å². The van der Waals surface area contributed by atoms with Crippen LogP contribution < -0.4 is 0 Å². The van der Waals surface area contributed by atoms with Crippen molar-refractivity contribution in [2.75, 3.05) is 0 Å². The van der Waals surface area contributed by atoms with E-state index in [1.165, 1.54) is 17.0 Å². The Kier molecular flexibility index (Phi) is 3.19. The van der Waals surface area contributed by atoms with Gasteiger partial charge in [-0.1, -0.05) is 12.1 Å². The highest BCUT2D eigenvalue weighted by Crippen LogP contribution is 2.19. The van der Waals surface area contributed by atoms with Crippen molar-refractivity contribution in [3.63, 3.8) is 0 Å². The lowest BCUT2D eigenvalue weighted by molar-refractivity contribution is -0.147. The summed E-state index contributed by atoms with van der Waals surface area (Å²) in [6.07, 6.45) is 1.14. The topological polar surface area (TPSA) is 40.5 Å². The van der Waals surface area contributed by atoms with Gasteiger partial charge in [0.15, 0.2) is 0 Å². The van der Waals surface area contributed by atoms with Crippen molar-refractivity contribution in [2.45, 2.75) is 32.0 Å². The predicted molar refractivity (Wildman–Crippen MR) is 56.8 cm³/mol. The summed E-state index contributed by atoms with van der Waals surface area (Å²) in [5, 5.41) is 9.69. The van der Waals surface area contributed by atoms with Gasteiger partial charge in [-0.2, -0.15) is 0 Å². The number of hydrogen-bond acceptors (Lipinski definition) is 2. The maximum absolute atomic E-state index is 12.7. The van der Waals surface area contributed by atoms with Crippen LogP contribution in [0.1, 0.15) is 24.8 Å². The largest absolute Gasteiger partial charge is 0.374 e. The van der Waals surface area contributed by atoms with E-state index >= 15 is 0 Å². The molecule has 16 heavy (non-hydrogen) atoms. The molecule has 0 aliphatic carbocycles. The summed E-state index contributed by atoms with van der Waals surface area (Å²) >= 11 is 0. The Balaban J connectivity index is 2.07. The smallest absolute Gasteiger partial charge is 0.224 e. The van der Waals surface area contributed by atoms with Crippen LogP contribution in [-0.2, 0) is 11.3 Å². The van der Waals surface area contributed by atoms with Gasteiger partial charge in [-0.15, -0.1) is 0 Å². The van der Waals surface area contributed by atoms with Crippen LogP contribution in [0, 0.1) is 5.82 Å². The van der Waals surface area contributed by atoms with E-state index in [1.807, 2.05) is 0 Å². The molecule has 1 N–H and O–H groups in total. The summed E-state index contributed by atoms with van der Waals surface area (Å²) in [4.78, 5) is 13.0. The van der Waals surface area contributed by atoms with Crippen LogP contribution in [0.5, 0.6) is 0 Å². The first-order valence-corrected chi connectivity index (χ1v) is 5.39. The highest BCUT2D eigenvalue weighted by atomic mass is 19.1. The number of halogens is 1. The van der Waals surface area contributed by atoms with Crippen molar-refractivity contribution in [1.82, 2.24) is 4.90 Å². The second kappa shape index (κ2) is 4.61. The zero-order chi connectivity index (χ0) is 11.5. The number of nitrogens with zero attached hydrogens (tertiary/aromatic N) is 1. The number of carbonyl (C=O) groups excluding carboxylic acids is 1. The van der Waals surface area contributed by atoms with Gasteiger partial charge in [0.05, 0.1) is 0 Å². The average Bonchev–Trinajstić information content (AvgIpc) is 2.26. The molecule has 0 spiro atoms. The van der Waals surface area contributed by atoms with Gasteiger partial charge in [-0.25, -0.2) is 4.39 Å². The van der Waals surface area contributed by atoms with E-state index in [2.05, 4.69) is 0 Å². The van der Waals surface area contributed by atoms with Crippen molar-refractivity contribution < 1.29 is 14.3 Å². The van der Waals surface area contributed by atoms with E-state index in [1.54, 1.807) is 12.1 Å². The van der Waals surface area contributed by atoms with Crippen molar-refractivity contribution in [3.05, 3.63) is 35.6 Å². The van der Waals surface area contributed by atoms with E-state index < -0.39 is 6.23 Å². The predicted octanol–water partition coefficient (Wildman–Crippen LogP) is 1.66. The molecule has 0 saturated carbocycles. The number of amides is 1. The number of benzene rings is 1. The Morgan fingerprint density at radius 1 is 1.38 bits per heavy atom. The van der Waals surface area contributed by atoms with Crippen LogP contribution in [0.2, 0.25) is 0 Å². The third-order valence-corrected chi connectivity index (χ3v) is 2.80. The lowest BCUT2D eigenvalue weighted by atomic mass is 10.1. The van der Waals surface area contributed by atoms with Crippen molar-refractivity contribution in [3.8, 4) is 0 Å². The normalized spacial score (nSPS) is 21.2. The van der Waals surface area contributed by atoms with Gasteiger partial charge in [-0.05, 0) is 30.5 Å². The molecule has 1 saturated heterocycles. The lowest BCUT2D eigenvalue weighted by Crippen LogP contribution is -2.42. The van der Waals surface area contributed by atoms with Crippen LogP contribution in [0.3, 0.4) is 0 Å². The zero-order valence-corrected chi connectivity index (χ0v) is 8.90. The van der Waals surface area contributed by atoms with Gasteiger partial charge < -0.3 is 10.0 Å². The number of piperidine rings is 1. The number of aliphatic hydroxyl groups is 1. The van der Waals surface area contributed by atoms with Crippen LogP contribution >= 0.6 is 0 Å². The van der Waals surface area contributed by atoms with Crippen molar-refractivity contribution in [1.29, 1.82) is 0 Å². The van der Waals surface area contributed by atoms with E-state index in [0.717, 1.165) is 12.0 Å². The summed E-state index contributed by atoms with van der Waals surface area (Å²) in [6.45, 7) is 0.347. The Morgan fingerprint density at radius 3 is 2.69 bits per heavy atom. The fourth-order valence-corrected chi connectivity index (χ4v) is 1.88. The summed E-state index contributed by atoms with van der Waals surface area (Å²) < 4.78 is 12.7. The number of carbonyl (C=O) groups is 1. The van der Waals surface area contributed by atoms with Gasteiger partial charge in [0.25, 0.3) is 0 Å². The SMILES string of the molecule is O=C1CCC[C@H](O)N1Cc1ccc(F)cc1. The molecule has 0 aromatic heterocycles. The second-order valence-corrected chi connectivity index (χ2v) is 4.02. The number of likely N-dealkylation sites (tertiary alicyclic amines) is 1. The summed E-state index contributed by atoms with van der Waals surface area (Å²) in [5.74, 6) is -0.336. The number of rotatable bonds is 2. The Morgan fingerprint density at radius 2 is 2.06 bits per heavy atom. The summed E-state index contributed by atoms with van der Waals surface area (Å²) in [7, 11) is 0. The van der Waals surface area contributed by atoms with Gasteiger partial charge in [0.2, 0.25) is 5.91 Å². The standard InChI is InChI=1S/C12H14FNO2/c13-10-6-4-9(5-7-10)8-14-11(15)2-1-3-12(14)16/h4-7,11,15H,1-3,8H2/t11-/m0/s1. The molecule has 3 nitrogen and oxygen atoms in total. The van der Waals surface area contributed by atoms with Gasteiger partial charge in [0, 0.05) is 13.0 Å².